The summed E-state index contributed by atoms with van der Waals surface area (Å²) < 4.78 is 26.3. The first-order valence-corrected chi connectivity index (χ1v) is 13.0. The molecule has 4 saturated carbocycles. The number of hydrogen-bond acceptors (Lipinski definition) is 3. The Morgan fingerprint density at radius 2 is 1.82 bits per heavy atom. The molecule has 4 fully saturated rings. The first-order valence-electron chi connectivity index (χ1n) is 11.8. The van der Waals surface area contributed by atoms with E-state index >= 15 is 0 Å². The molecular formula is C27H32BrClFNO2. The van der Waals surface area contributed by atoms with Crippen LogP contribution in [0.15, 0.2) is 34.8 Å². The van der Waals surface area contributed by atoms with Crippen molar-refractivity contribution in [2.75, 3.05) is 7.11 Å². The van der Waals surface area contributed by atoms with Crippen LogP contribution in [0.25, 0.3) is 0 Å². The number of rotatable bonds is 7. The van der Waals surface area contributed by atoms with Gasteiger partial charge in [-0.25, -0.2) is 4.39 Å². The molecule has 4 aliphatic rings. The van der Waals surface area contributed by atoms with E-state index in [0.29, 0.717) is 33.9 Å². The Morgan fingerprint density at radius 3 is 2.45 bits per heavy atom. The van der Waals surface area contributed by atoms with Crippen molar-refractivity contribution in [3.8, 4) is 11.5 Å². The Kier molecular flexibility index (Phi) is 5.98. The van der Waals surface area contributed by atoms with E-state index in [9.17, 15) is 4.39 Å². The zero-order chi connectivity index (χ0) is 23.4. The lowest BCUT2D eigenvalue weighted by Gasteiger charge is -2.65. The number of halogens is 3. The number of ether oxygens (including phenoxy) is 2. The summed E-state index contributed by atoms with van der Waals surface area (Å²) in [6, 6.07) is 8.29. The summed E-state index contributed by atoms with van der Waals surface area (Å²) in [5.41, 5.74) is 2.86. The van der Waals surface area contributed by atoms with Gasteiger partial charge < -0.3 is 14.8 Å². The quantitative estimate of drug-likeness (QED) is 0.394. The molecule has 0 aromatic heterocycles. The molecule has 3 nitrogen and oxygen atoms in total. The summed E-state index contributed by atoms with van der Waals surface area (Å²) in [6.07, 6.45) is 7.87. The van der Waals surface area contributed by atoms with Crippen LogP contribution in [0.5, 0.6) is 11.5 Å². The van der Waals surface area contributed by atoms with E-state index in [1.165, 1.54) is 50.7 Å². The second kappa shape index (κ2) is 8.42. The van der Waals surface area contributed by atoms with E-state index in [1.807, 2.05) is 12.1 Å². The Labute approximate surface area is 209 Å². The van der Waals surface area contributed by atoms with Crippen LogP contribution < -0.4 is 14.8 Å². The largest absolute Gasteiger partial charge is 0.493 e. The van der Waals surface area contributed by atoms with Crippen molar-refractivity contribution >= 4 is 27.5 Å². The van der Waals surface area contributed by atoms with E-state index < -0.39 is 0 Å². The molecule has 33 heavy (non-hydrogen) atoms. The minimum absolute atomic E-state index is 0.184. The highest BCUT2D eigenvalue weighted by Gasteiger charge is 2.59. The van der Waals surface area contributed by atoms with Gasteiger partial charge in [-0.3, -0.25) is 0 Å². The standard InChI is InChI=1S/C27H32BrClFNO2/c1-25-9-17-10-26(2,14-25)16-27(11-17,15-25)31-12-20-21(28)6-7-23(32-3)24(20)33-13-18-4-5-19(30)8-22(18)29/h4-8,17,31H,9-16H2,1-3H3. The van der Waals surface area contributed by atoms with Gasteiger partial charge in [0, 0.05) is 27.7 Å². The third kappa shape index (κ3) is 4.53. The maximum Gasteiger partial charge on any atom is 0.167 e. The fraction of sp³-hybridized carbons (Fsp3) is 0.556. The van der Waals surface area contributed by atoms with Gasteiger partial charge in [0.2, 0.25) is 0 Å². The molecule has 0 heterocycles. The monoisotopic (exact) mass is 535 g/mol. The predicted molar refractivity (Wildman–Crippen MR) is 133 cm³/mol. The highest BCUT2D eigenvalue weighted by Crippen LogP contribution is 2.66. The minimum atomic E-state index is -0.355. The van der Waals surface area contributed by atoms with Crippen LogP contribution in [-0.4, -0.2) is 12.6 Å². The summed E-state index contributed by atoms with van der Waals surface area (Å²) in [5.74, 6) is 1.85. The SMILES string of the molecule is COc1ccc(Br)c(CNC23CC4CC(C)(CC(C)(C4)C2)C3)c1OCc1ccc(F)cc1Cl. The van der Waals surface area contributed by atoms with Gasteiger partial charge in [-0.1, -0.05) is 47.4 Å². The van der Waals surface area contributed by atoms with Crippen LogP contribution >= 0.6 is 27.5 Å². The van der Waals surface area contributed by atoms with Crippen molar-refractivity contribution in [3.05, 3.63) is 56.8 Å². The van der Waals surface area contributed by atoms with Crippen molar-refractivity contribution in [1.29, 1.82) is 0 Å². The highest BCUT2D eigenvalue weighted by molar-refractivity contribution is 9.10. The Bertz CT molecular complexity index is 1060. The third-order valence-corrected chi connectivity index (χ3v) is 9.14. The topological polar surface area (TPSA) is 30.5 Å². The molecule has 6 rings (SSSR count). The van der Waals surface area contributed by atoms with Gasteiger partial charge in [-0.2, -0.15) is 0 Å². The summed E-state index contributed by atoms with van der Waals surface area (Å²) in [6.45, 7) is 5.93. The molecule has 0 amide bonds. The molecule has 2 unspecified atom stereocenters. The summed E-state index contributed by atoms with van der Waals surface area (Å²) in [4.78, 5) is 0. The lowest BCUT2D eigenvalue weighted by molar-refractivity contribution is -0.118. The number of methoxy groups -OCH3 is 1. The number of hydrogen-bond donors (Lipinski definition) is 1. The van der Waals surface area contributed by atoms with Crippen LogP contribution in [0, 0.1) is 22.6 Å². The van der Waals surface area contributed by atoms with Crippen molar-refractivity contribution < 1.29 is 13.9 Å². The fourth-order valence-electron chi connectivity index (χ4n) is 7.78. The average Bonchev–Trinajstić information content (AvgIpc) is 2.70. The van der Waals surface area contributed by atoms with Gasteiger partial charge in [0.25, 0.3) is 0 Å². The van der Waals surface area contributed by atoms with E-state index in [2.05, 4.69) is 35.1 Å². The van der Waals surface area contributed by atoms with Crippen LogP contribution in [0.4, 0.5) is 4.39 Å². The van der Waals surface area contributed by atoms with Gasteiger partial charge in [-0.15, -0.1) is 0 Å². The minimum Gasteiger partial charge on any atom is -0.493 e. The van der Waals surface area contributed by atoms with Gasteiger partial charge >= 0.3 is 0 Å². The first-order chi connectivity index (χ1) is 15.6. The summed E-state index contributed by atoms with van der Waals surface area (Å²) in [5, 5.41) is 4.36. The van der Waals surface area contributed by atoms with Crippen molar-refractivity contribution in [2.45, 2.75) is 71.1 Å². The van der Waals surface area contributed by atoms with Crippen LogP contribution in [-0.2, 0) is 13.2 Å². The van der Waals surface area contributed by atoms with Crippen molar-refractivity contribution in [2.24, 2.45) is 16.7 Å². The molecule has 4 bridgehead atoms. The van der Waals surface area contributed by atoms with Gasteiger partial charge in [0.1, 0.15) is 12.4 Å². The summed E-state index contributed by atoms with van der Waals surface area (Å²) >= 11 is 9.97. The molecule has 2 aromatic carbocycles. The molecule has 4 aliphatic carbocycles. The summed E-state index contributed by atoms with van der Waals surface area (Å²) in [7, 11) is 1.65. The number of benzene rings is 2. The van der Waals surface area contributed by atoms with Crippen LogP contribution in [0.3, 0.4) is 0 Å². The first kappa shape index (κ1) is 23.4. The molecule has 0 spiro atoms. The molecule has 0 saturated heterocycles. The van der Waals surface area contributed by atoms with Crippen LogP contribution in [0.2, 0.25) is 5.02 Å². The highest BCUT2D eigenvalue weighted by atomic mass is 79.9. The molecule has 0 aliphatic heterocycles. The smallest absolute Gasteiger partial charge is 0.167 e. The lowest BCUT2D eigenvalue weighted by Crippen LogP contribution is -2.63. The second-order valence-corrected chi connectivity index (χ2v) is 12.6. The van der Waals surface area contributed by atoms with Crippen molar-refractivity contribution in [3.63, 3.8) is 0 Å². The fourth-order valence-corrected chi connectivity index (χ4v) is 8.45. The van der Waals surface area contributed by atoms with Crippen molar-refractivity contribution in [1.82, 2.24) is 5.32 Å². The molecule has 178 valence electrons. The molecule has 6 heteroatoms. The van der Waals surface area contributed by atoms with Crippen LogP contribution in [0.1, 0.15) is 63.5 Å². The molecule has 2 atom stereocenters. The van der Waals surface area contributed by atoms with E-state index in [4.69, 9.17) is 21.1 Å². The Balaban J connectivity index is 1.39. The molecule has 1 N–H and O–H groups in total. The van der Waals surface area contributed by atoms with E-state index in [1.54, 1.807) is 13.2 Å². The van der Waals surface area contributed by atoms with Gasteiger partial charge in [0.15, 0.2) is 11.5 Å². The Hall–Kier alpha value is -1.30. The maximum atomic E-state index is 13.5. The van der Waals surface area contributed by atoms with Gasteiger partial charge in [0.05, 0.1) is 12.1 Å². The molecular weight excluding hydrogens is 505 g/mol. The molecule has 2 aromatic rings. The zero-order valence-electron chi connectivity index (χ0n) is 19.6. The van der Waals surface area contributed by atoms with Gasteiger partial charge in [-0.05, 0) is 79.5 Å². The zero-order valence-corrected chi connectivity index (χ0v) is 21.9. The third-order valence-electron chi connectivity index (χ3n) is 8.04. The lowest BCUT2D eigenvalue weighted by atomic mass is 9.43. The van der Waals surface area contributed by atoms with E-state index in [0.717, 1.165) is 21.5 Å². The second-order valence-electron chi connectivity index (χ2n) is 11.3. The predicted octanol–water partition coefficient (Wildman–Crippen LogP) is 7.67. The average molecular weight is 537 g/mol. The maximum absolute atomic E-state index is 13.5. The number of nitrogens with one attached hydrogen (secondary N) is 1. The van der Waals surface area contributed by atoms with E-state index in [-0.39, 0.29) is 18.0 Å². The molecule has 0 radical (unpaired) electrons. The Morgan fingerprint density at radius 1 is 1.09 bits per heavy atom. The normalized spacial score (nSPS) is 32.2.